The molecule has 1 atom stereocenters. The molecule has 4 rings (SSSR count). The first kappa shape index (κ1) is 13.1. The maximum atomic E-state index is 9.23. The monoisotopic (exact) mass is 279 g/mol. The van der Waals surface area contributed by atoms with Crippen molar-refractivity contribution in [2.24, 2.45) is 0 Å². The second kappa shape index (κ2) is 5.28. The molecule has 2 aromatic carbocycles. The third kappa shape index (κ3) is 2.10. The fourth-order valence-corrected chi connectivity index (χ4v) is 4.13. The summed E-state index contributed by atoms with van der Waals surface area (Å²) in [6, 6.07) is 18.3. The van der Waals surface area contributed by atoms with Crippen molar-refractivity contribution in [2.75, 3.05) is 6.61 Å². The Morgan fingerprint density at radius 1 is 0.905 bits per heavy atom. The van der Waals surface area contributed by atoms with Crippen molar-refractivity contribution in [1.29, 1.82) is 0 Å². The molecule has 21 heavy (non-hydrogen) atoms. The molecule has 0 amide bonds. The molecular formula is C19H21NO. The van der Waals surface area contributed by atoms with Crippen LogP contribution >= 0.6 is 0 Å². The topological polar surface area (TPSA) is 23.5 Å². The molecule has 2 heteroatoms. The van der Waals surface area contributed by atoms with E-state index in [1.54, 1.807) is 0 Å². The van der Waals surface area contributed by atoms with E-state index < -0.39 is 0 Å². The fourth-order valence-electron chi connectivity index (χ4n) is 4.13. The van der Waals surface area contributed by atoms with Gasteiger partial charge in [0.25, 0.3) is 0 Å². The first-order chi connectivity index (χ1) is 10.4. The van der Waals surface area contributed by atoms with Crippen molar-refractivity contribution < 1.29 is 5.11 Å². The zero-order valence-corrected chi connectivity index (χ0v) is 12.2. The van der Waals surface area contributed by atoms with E-state index in [0.717, 1.165) is 25.9 Å². The lowest BCUT2D eigenvalue weighted by molar-refractivity contribution is 0.115. The van der Waals surface area contributed by atoms with Crippen LogP contribution in [0.5, 0.6) is 0 Å². The SMILES string of the molecule is OCCC[C@H]1C2c3ccccc3CN1Cc1ccccc12. The molecule has 0 aliphatic carbocycles. The third-order valence-corrected chi connectivity index (χ3v) is 5.04. The molecule has 1 N–H and O–H groups in total. The molecular weight excluding hydrogens is 258 g/mol. The van der Waals surface area contributed by atoms with E-state index in [1.807, 2.05) is 0 Å². The summed E-state index contributed by atoms with van der Waals surface area (Å²) in [5, 5.41) is 9.23. The Hall–Kier alpha value is -1.64. The highest BCUT2D eigenvalue weighted by atomic mass is 16.2. The number of aliphatic hydroxyl groups excluding tert-OH is 1. The van der Waals surface area contributed by atoms with Crippen LogP contribution in [0.2, 0.25) is 0 Å². The molecule has 0 saturated carbocycles. The minimum Gasteiger partial charge on any atom is -0.396 e. The summed E-state index contributed by atoms with van der Waals surface area (Å²) in [5.74, 6) is 0.464. The summed E-state index contributed by atoms with van der Waals surface area (Å²) in [6.45, 7) is 2.37. The second-order valence-corrected chi connectivity index (χ2v) is 6.21. The van der Waals surface area contributed by atoms with Crippen LogP contribution in [0.4, 0.5) is 0 Å². The van der Waals surface area contributed by atoms with Gasteiger partial charge in [-0.1, -0.05) is 48.5 Å². The molecule has 2 aliphatic rings. The lowest BCUT2D eigenvalue weighted by Crippen LogP contribution is -2.46. The van der Waals surface area contributed by atoms with Gasteiger partial charge in [-0.25, -0.2) is 0 Å². The van der Waals surface area contributed by atoms with Crippen molar-refractivity contribution in [3.8, 4) is 0 Å². The molecule has 0 spiro atoms. The van der Waals surface area contributed by atoms with Crippen LogP contribution in [-0.4, -0.2) is 22.7 Å². The van der Waals surface area contributed by atoms with Crippen LogP contribution in [-0.2, 0) is 13.1 Å². The summed E-state index contributed by atoms with van der Waals surface area (Å²) < 4.78 is 0. The maximum absolute atomic E-state index is 9.23. The van der Waals surface area contributed by atoms with Crippen molar-refractivity contribution in [1.82, 2.24) is 4.90 Å². The maximum Gasteiger partial charge on any atom is 0.0431 e. The van der Waals surface area contributed by atoms with Crippen molar-refractivity contribution in [2.45, 2.75) is 37.9 Å². The third-order valence-electron chi connectivity index (χ3n) is 5.04. The zero-order chi connectivity index (χ0) is 14.2. The Kier molecular flexibility index (Phi) is 3.28. The number of benzene rings is 2. The summed E-state index contributed by atoms with van der Waals surface area (Å²) in [6.07, 6.45) is 1.96. The highest BCUT2D eigenvalue weighted by Gasteiger charge is 2.39. The molecule has 2 aromatic rings. The average molecular weight is 279 g/mol. The smallest absolute Gasteiger partial charge is 0.0431 e. The molecule has 2 aliphatic heterocycles. The van der Waals surface area contributed by atoms with Crippen LogP contribution in [0.15, 0.2) is 48.5 Å². The molecule has 0 saturated heterocycles. The minimum absolute atomic E-state index is 0.292. The van der Waals surface area contributed by atoms with Gasteiger partial charge in [0.1, 0.15) is 0 Å². The molecule has 2 heterocycles. The Morgan fingerprint density at radius 3 is 2.05 bits per heavy atom. The van der Waals surface area contributed by atoms with Gasteiger partial charge in [-0.2, -0.15) is 0 Å². The van der Waals surface area contributed by atoms with E-state index >= 15 is 0 Å². The Labute approximate surface area is 126 Å². The predicted octanol–water partition coefficient (Wildman–Crippen LogP) is 3.29. The van der Waals surface area contributed by atoms with Gasteiger partial charge in [-0.05, 0) is 35.1 Å². The van der Waals surface area contributed by atoms with Crippen LogP contribution in [0, 0.1) is 0 Å². The van der Waals surface area contributed by atoms with Gasteiger partial charge in [0.05, 0.1) is 0 Å². The van der Waals surface area contributed by atoms with E-state index in [-0.39, 0.29) is 0 Å². The van der Waals surface area contributed by atoms with Crippen LogP contribution in [0.25, 0.3) is 0 Å². The largest absolute Gasteiger partial charge is 0.396 e. The minimum atomic E-state index is 0.292. The molecule has 2 bridgehead atoms. The number of fused-ring (bicyclic) bond motifs is 6. The van der Waals surface area contributed by atoms with E-state index in [4.69, 9.17) is 0 Å². The second-order valence-electron chi connectivity index (χ2n) is 6.21. The molecule has 0 unspecified atom stereocenters. The van der Waals surface area contributed by atoms with Gasteiger partial charge in [-0.15, -0.1) is 0 Å². The van der Waals surface area contributed by atoms with Crippen LogP contribution in [0.3, 0.4) is 0 Å². The van der Waals surface area contributed by atoms with E-state index in [2.05, 4.69) is 53.4 Å². The Morgan fingerprint density at radius 2 is 1.48 bits per heavy atom. The first-order valence-corrected chi connectivity index (χ1v) is 7.89. The molecule has 0 radical (unpaired) electrons. The number of nitrogens with zero attached hydrogens (tertiary/aromatic N) is 1. The highest BCUT2D eigenvalue weighted by molar-refractivity contribution is 5.47. The number of aliphatic hydroxyl groups is 1. The first-order valence-electron chi connectivity index (χ1n) is 7.89. The predicted molar refractivity (Wildman–Crippen MR) is 84.1 cm³/mol. The molecule has 2 nitrogen and oxygen atoms in total. The highest BCUT2D eigenvalue weighted by Crippen LogP contribution is 2.45. The average Bonchev–Trinajstić information content (AvgIpc) is 2.52. The fraction of sp³-hybridized carbons (Fsp3) is 0.368. The van der Waals surface area contributed by atoms with Crippen molar-refractivity contribution in [3.63, 3.8) is 0 Å². The van der Waals surface area contributed by atoms with Gasteiger partial charge in [-0.3, -0.25) is 4.90 Å². The lowest BCUT2D eigenvalue weighted by Gasteiger charge is -2.47. The van der Waals surface area contributed by atoms with Gasteiger partial charge < -0.3 is 5.11 Å². The summed E-state index contributed by atoms with van der Waals surface area (Å²) in [5.41, 5.74) is 5.92. The van der Waals surface area contributed by atoms with Gasteiger partial charge >= 0.3 is 0 Å². The normalized spacial score (nSPS) is 26.0. The number of rotatable bonds is 3. The lowest BCUT2D eigenvalue weighted by atomic mass is 9.73. The van der Waals surface area contributed by atoms with E-state index in [1.165, 1.54) is 22.3 Å². The summed E-state index contributed by atoms with van der Waals surface area (Å²) >= 11 is 0. The Balaban J connectivity index is 1.84. The van der Waals surface area contributed by atoms with Crippen LogP contribution in [0.1, 0.15) is 41.0 Å². The van der Waals surface area contributed by atoms with E-state index in [9.17, 15) is 5.11 Å². The quantitative estimate of drug-likeness (QED) is 0.932. The van der Waals surface area contributed by atoms with Crippen molar-refractivity contribution >= 4 is 0 Å². The number of hydrogen-bond acceptors (Lipinski definition) is 2. The van der Waals surface area contributed by atoms with Crippen molar-refractivity contribution in [3.05, 3.63) is 70.8 Å². The zero-order valence-electron chi connectivity index (χ0n) is 12.2. The Bertz CT molecular complexity index is 602. The molecule has 0 aromatic heterocycles. The summed E-state index contributed by atoms with van der Waals surface area (Å²) in [4.78, 5) is 2.60. The van der Waals surface area contributed by atoms with Gasteiger partial charge in [0, 0.05) is 31.7 Å². The van der Waals surface area contributed by atoms with E-state index in [0.29, 0.717) is 18.6 Å². The number of hydrogen-bond donors (Lipinski definition) is 1. The standard InChI is InChI=1S/C19H21NO/c21-11-5-10-18-19-16-8-3-1-6-14(16)12-20(18)13-15-7-2-4-9-17(15)19/h1-4,6-9,18-19,21H,5,10-13H2/t18-/m0/s1. The van der Waals surface area contributed by atoms with Crippen LogP contribution < -0.4 is 0 Å². The molecule has 0 fully saturated rings. The molecule has 108 valence electrons. The van der Waals surface area contributed by atoms with Gasteiger partial charge in [0.2, 0.25) is 0 Å². The van der Waals surface area contributed by atoms with Gasteiger partial charge in [0.15, 0.2) is 0 Å². The summed E-state index contributed by atoms with van der Waals surface area (Å²) in [7, 11) is 0.